The highest BCUT2D eigenvalue weighted by atomic mass is 16.5. The number of hydrogen-bond acceptors (Lipinski definition) is 6. The Hall–Kier alpha value is -2.84. The van der Waals surface area contributed by atoms with Crippen LogP contribution < -0.4 is 5.73 Å². The molecule has 0 aromatic carbocycles. The maximum atomic E-state index is 12.4. The van der Waals surface area contributed by atoms with Crippen molar-refractivity contribution >= 4 is 23.8 Å². The van der Waals surface area contributed by atoms with Gasteiger partial charge >= 0.3 is 11.9 Å². The van der Waals surface area contributed by atoms with E-state index in [1.54, 1.807) is 20.8 Å². The van der Waals surface area contributed by atoms with Crippen LogP contribution in [0, 0.1) is 13.8 Å². The van der Waals surface area contributed by atoms with E-state index in [-0.39, 0.29) is 17.9 Å². The largest absolute Gasteiger partial charge is 0.462 e. The summed E-state index contributed by atoms with van der Waals surface area (Å²) in [6.45, 7) is 5.05. The van der Waals surface area contributed by atoms with Gasteiger partial charge in [0.2, 0.25) is 5.91 Å². The molecule has 1 atom stereocenters. The molecule has 0 aliphatic carbocycles. The number of nitrogens with one attached hydrogen (secondary N) is 1. The van der Waals surface area contributed by atoms with E-state index in [1.165, 1.54) is 4.90 Å². The molecule has 1 aliphatic heterocycles. The number of aromatic amines is 1. The van der Waals surface area contributed by atoms with Gasteiger partial charge in [0, 0.05) is 12.2 Å². The fourth-order valence-corrected chi connectivity index (χ4v) is 3.27. The second kappa shape index (κ2) is 8.70. The van der Waals surface area contributed by atoms with Crippen molar-refractivity contribution in [2.75, 3.05) is 19.8 Å². The first-order valence-electron chi connectivity index (χ1n) is 8.90. The van der Waals surface area contributed by atoms with Crippen LogP contribution in [0.3, 0.4) is 0 Å². The molecule has 27 heavy (non-hydrogen) atoms. The summed E-state index contributed by atoms with van der Waals surface area (Å²) < 4.78 is 10.1. The molecule has 9 nitrogen and oxygen atoms in total. The number of carbonyl (C=O) groups is 4. The number of rotatable bonds is 6. The number of esters is 2. The third kappa shape index (κ3) is 4.47. The predicted molar refractivity (Wildman–Crippen MR) is 95.1 cm³/mol. The number of aromatic nitrogens is 1. The standard InChI is InChI=1S/C18H25N3O6/c1-4-26-17(24)14-10(2)15(20-11(14)3)18(25)27-9-13(22)21-8-6-5-7-12(21)16(19)23/h12,20H,4-9H2,1-3H3,(H2,19,23)/t12-/m1/s1. The highest BCUT2D eigenvalue weighted by Gasteiger charge is 2.31. The zero-order chi connectivity index (χ0) is 20.1. The third-order valence-electron chi connectivity index (χ3n) is 4.60. The van der Waals surface area contributed by atoms with Gasteiger partial charge in [-0.1, -0.05) is 0 Å². The van der Waals surface area contributed by atoms with Crippen molar-refractivity contribution in [1.82, 2.24) is 9.88 Å². The highest BCUT2D eigenvalue weighted by Crippen LogP contribution is 2.20. The molecule has 1 aliphatic rings. The van der Waals surface area contributed by atoms with E-state index in [1.807, 2.05) is 0 Å². The third-order valence-corrected chi connectivity index (χ3v) is 4.60. The summed E-state index contributed by atoms with van der Waals surface area (Å²) in [5.74, 6) is -2.33. The van der Waals surface area contributed by atoms with E-state index >= 15 is 0 Å². The Morgan fingerprint density at radius 2 is 1.85 bits per heavy atom. The van der Waals surface area contributed by atoms with E-state index in [4.69, 9.17) is 15.2 Å². The Bertz CT molecular complexity index is 755. The average Bonchev–Trinajstić information content (AvgIpc) is 2.94. The number of likely N-dealkylation sites (tertiary alicyclic amines) is 1. The van der Waals surface area contributed by atoms with Crippen molar-refractivity contribution in [3.63, 3.8) is 0 Å². The molecule has 0 radical (unpaired) electrons. The van der Waals surface area contributed by atoms with Gasteiger partial charge in [-0.2, -0.15) is 0 Å². The van der Waals surface area contributed by atoms with Crippen LogP contribution in [0.1, 0.15) is 58.3 Å². The van der Waals surface area contributed by atoms with Crippen LogP contribution in [0.15, 0.2) is 0 Å². The van der Waals surface area contributed by atoms with Crippen LogP contribution in [0.5, 0.6) is 0 Å². The van der Waals surface area contributed by atoms with Crippen LogP contribution in [0.25, 0.3) is 0 Å². The Morgan fingerprint density at radius 3 is 2.48 bits per heavy atom. The second-order valence-corrected chi connectivity index (χ2v) is 6.42. The van der Waals surface area contributed by atoms with Crippen molar-refractivity contribution in [3.8, 4) is 0 Å². The quantitative estimate of drug-likeness (QED) is 0.704. The summed E-state index contributed by atoms with van der Waals surface area (Å²) in [4.78, 5) is 52.4. The number of nitrogens with zero attached hydrogens (tertiary/aromatic N) is 1. The molecule has 0 bridgehead atoms. The molecule has 148 valence electrons. The monoisotopic (exact) mass is 379 g/mol. The molecular weight excluding hydrogens is 354 g/mol. The maximum absolute atomic E-state index is 12.4. The van der Waals surface area contributed by atoms with Gasteiger partial charge in [-0.05, 0) is 45.6 Å². The van der Waals surface area contributed by atoms with Crippen LogP contribution in [-0.2, 0) is 19.1 Å². The SMILES string of the molecule is CCOC(=O)c1c(C)[nH]c(C(=O)OCC(=O)N2CCCC[C@@H]2C(N)=O)c1C. The topological polar surface area (TPSA) is 132 Å². The minimum Gasteiger partial charge on any atom is -0.462 e. The molecule has 9 heteroatoms. The zero-order valence-electron chi connectivity index (χ0n) is 15.8. The Morgan fingerprint density at radius 1 is 1.15 bits per heavy atom. The number of amides is 2. The van der Waals surface area contributed by atoms with E-state index < -0.39 is 36.4 Å². The zero-order valence-corrected chi connectivity index (χ0v) is 15.8. The number of carbonyl (C=O) groups excluding carboxylic acids is 4. The fourth-order valence-electron chi connectivity index (χ4n) is 3.27. The van der Waals surface area contributed by atoms with Crippen molar-refractivity contribution in [1.29, 1.82) is 0 Å². The average molecular weight is 379 g/mol. The van der Waals surface area contributed by atoms with Gasteiger partial charge in [-0.25, -0.2) is 9.59 Å². The van der Waals surface area contributed by atoms with Gasteiger partial charge in [0.15, 0.2) is 6.61 Å². The molecule has 2 amide bonds. The number of nitrogens with two attached hydrogens (primary N) is 1. The Kier molecular flexibility index (Phi) is 6.59. The molecule has 1 aromatic rings. The van der Waals surface area contributed by atoms with E-state index in [0.29, 0.717) is 24.2 Å². The number of primary amides is 1. The van der Waals surface area contributed by atoms with Gasteiger partial charge in [-0.3, -0.25) is 9.59 Å². The smallest absolute Gasteiger partial charge is 0.355 e. The summed E-state index contributed by atoms with van der Waals surface area (Å²) in [5, 5.41) is 0. The summed E-state index contributed by atoms with van der Waals surface area (Å²) in [7, 11) is 0. The van der Waals surface area contributed by atoms with E-state index in [2.05, 4.69) is 4.98 Å². The lowest BCUT2D eigenvalue weighted by Gasteiger charge is -2.33. The molecule has 0 unspecified atom stereocenters. The lowest BCUT2D eigenvalue weighted by molar-refractivity contribution is -0.143. The van der Waals surface area contributed by atoms with Crippen molar-refractivity contribution in [2.45, 2.75) is 46.1 Å². The number of aryl methyl sites for hydroxylation is 1. The minimum absolute atomic E-state index is 0.0912. The maximum Gasteiger partial charge on any atom is 0.355 e. The fraction of sp³-hybridized carbons (Fsp3) is 0.556. The van der Waals surface area contributed by atoms with Gasteiger partial charge in [0.1, 0.15) is 11.7 Å². The van der Waals surface area contributed by atoms with E-state index in [0.717, 1.165) is 12.8 Å². The number of H-pyrrole nitrogens is 1. The summed E-state index contributed by atoms with van der Waals surface area (Å²) in [6, 6.07) is -0.671. The minimum atomic E-state index is -0.757. The number of piperidine rings is 1. The Labute approximate surface area is 157 Å². The highest BCUT2D eigenvalue weighted by molar-refractivity contribution is 5.99. The van der Waals surface area contributed by atoms with Gasteiger partial charge in [-0.15, -0.1) is 0 Å². The molecule has 0 spiro atoms. The van der Waals surface area contributed by atoms with Gasteiger partial charge < -0.3 is 25.1 Å². The van der Waals surface area contributed by atoms with Gasteiger partial charge in [0.05, 0.1) is 12.2 Å². The number of ether oxygens (including phenoxy) is 2. The van der Waals surface area contributed by atoms with Crippen LogP contribution in [0.2, 0.25) is 0 Å². The van der Waals surface area contributed by atoms with Gasteiger partial charge in [0.25, 0.3) is 5.91 Å². The van der Waals surface area contributed by atoms with Crippen molar-refractivity contribution < 1.29 is 28.7 Å². The summed E-state index contributed by atoms with van der Waals surface area (Å²) in [5.41, 5.74) is 6.59. The lowest BCUT2D eigenvalue weighted by atomic mass is 10.0. The summed E-state index contributed by atoms with van der Waals surface area (Å²) in [6.07, 6.45) is 2.09. The lowest BCUT2D eigenvalue weighted by Crippen LogP contribution is -2.51. The molecule has 1 fully saturated rings. The van der Waals surface area contributed by atoms with Crippen molar-refractivity contribution in [3.05, 3.63) is 22.5 Å². The normalized spacial score (nSPS) is 16.7. The molecule has 2 rings (SSSR count). The molecular formula is C18H25N3O6. The molecule has 0 saturated carbocycles. The van der Waals surface area contributed by atoms with Crippen molar-refractivity contribution in [2.24, 2.45) is 5.73 Å². The van der Waals surface area contributed by atoms with Crippen LogP contribution in [0.4, 0.5) is 0 Å². The first-order valence-corrected chi connectivity index (χ1v) is 8.90. The van der Waals surface area contributed by atoms with E-state index in [9.17, 15) is 19.2 Å². The number of hydrogen-bond donors (Lipinski definition) is 2. The first-order chi connectivity index (χ1) is 12.8. The Balaban J connectivity index is 2.05. The van der Waals surface area contributed by atoms with Crippen LogP contribution in [-0.4, -0.2) is 59.4 Å². The predicted octanol–water partition coefficient (Wildman–Crippen LogP) is 0.831. The molecule has 2 heterocycles. The summed E-state index contributed by atoms with van der Waals surface area (Å²) >= 11 is 0. The van der Waals surface area contributed by atoms with Crippen LogP contribution >= 0.6 is 0 Å². The molecule has 1 aromatic heterocycles. The first kappa shape index (κ1) is 20.5. The molecule has 1 saturated heterocycles. The second-order valence-electron chi connectivity index (χ2n) is 6.42. The molecule has 3 N–H and O–H groups in total.